The lowest BCUT2D eigenvalue weighted by Gasteiger charge is -2.04. The molecule has 0 spiro atoms. The fourth-order valence-electron chi connectivity index (χ4n) is 2.14. The van der Waals surface area contributed by atoms with Crippen LogP contribution in [0.5, 0.6) is 0 Å². The average molecular weight is 304 g/mol. The minimum Gasteiger partial charge on any atom is -0.306 e. The van der Waals surface area contributed by atoms with Crippen molar-refractivity contribution >= 4 is 11.7 Å². The van der Waals surface area contributed by atoms with Crippen LogP contribution in [-0.4, -0.2) is 15.8 Å². The molecule has 0 fully saturated rings. The summed E-state index contributed by atoms with van der Waals surface area (Å²) in [6.07, 6.45) is 3.33. The number of aryl methyl sites for hydroxylation is 1. The van der Waals surface area contributed by atoms with Crippen molar-refractivity contribution in [2.75, 3.05) is 5.32 Å². The molecule has 114 valence electrons. The first kappa shape index (κ1) is 14.7. The number of nitrogens with zero attached hydrogens (tertiary/aromatic N) is 3. The number of benzene rings is 2. The van der Waals surface area contributed by atoms with Gasteiger partial charge in [0.1, 0.15) is 0 Å². The molecule has 0 saturated carbocycles. The maximum atomic E-state index is 11.9. The van der Waals surface area contributed by atoms with Gasteiger partial charge in [-0.25, -0.2) is 9.48 Å². The third kappa shape index (κ3) is 3.91. The molecule has 3 aromatic rings. The van der Waals surface area contributed by atoms with Crippen molar-refractivity contribution in [2.24, 2.45) is 4.99 Å². The van der Waals surface area contributed by atoms with E-state index in [1.54, 1.807) is 23.1 Å². The van der Waals surface area contributed by atoms with Crippen LogP contribution in [0.4, 0.5) is 10.5 Å². The molecule has 5 heteroatoms. The van der Waals surface area contributed by atoms with Crippen LogP contribution in [-0.2, 0) is 0 Å². The van der Waals surface area contributed by atoms with Gasteiger partial charge in [-0.3, -0.25) is 0 Å². The largest absolute Gasteiger partial charge is 0.345 e. The Morgan fingerprint density at radius 3 is 2.61 bits per heavy atom. The summed E-state index contributed by atoms with van der Waals surface area (Å²) in [6, 6.07) is 18.6. The maximum absolute atomic E-state index is 11.9. The minimum atomic E-state index is -0.421. The topological polar surface area (TPSA) is 59.3 Å². The summed E-state index contributed by atoms with van der Waals surface area (Å²) in [6.45, 7) is 1.97. The quantitative estimate of drug-likeness (QED) is 0.789. The Morgan fingerprint density at radius 2 is 1.91 bits per heavy atom. The van der Waals surface area contributed by atoms with Crippen LogP contribution in [0.1, 0.15) is 5.56 Å². The summed E-state index contributed by atoms with van der Waals surface area (Å²) in [5, 5.41) is 7.51. The molecule has 23 heavy (non-hydrogen) atoms. The van der Waals surface area contributed by atoms with Crippen molar-refractivity contribution in [3.05, 3.63) is 84.0 Å². The van der Waals surface area contributed by atoms with E-state index in [9.17, 15) is 4.79 Å². The third-order valence-corrected chi connectivity index (χ3v) is 3.22. The van der Waals surface area contributed by atoms with Crippen LogP contribution < -0.4 is 10.7 Å². The number of amides is 2. The smallest absolute Gasteiger partial charge is 0.306 e. The molecule has 2 aromatic carbocycles. The molecular weight excluding hydrogens is 288 g/mol. The van der Waals surface area contributed by atoms with E-state index in [1.807, 2.05) is 61.5 Å². The first-order valence-electron chi connectivity index (χ1n) is 7.23. The van der Waals surface area contributed by atoms with Gasteiger partial charge >= 0.3 is 6.03 Å². The molecule has 0 atom stereocenters. The lowest BCUT2D eigenvalue weighted by atomic mass is 10.2. The number of carbonyl (C=O) groups is 1. The predicted octanol–water partition coefficient (Wildman–Crippen LogP) is 3.31. The van der Waals surface area contributed by atoms with E-state index in [-0.39, 0.29) is 0 Å². The van der Waals surface area contributed by atoms with E-state index in [1.165, 1.54) is 0 Å². The van der Waals surface area contributed by atoms with Crippen LogP contribution >= 0.6 is 0 Å². The lowest BCUT2D eigenvalue weighted by Crippen LogP contribution is -2.14. The van der Waals surface area contributed by atoms with Gasteiger partial charge < -0.3 is 5.32 Å². The molecule has 0 aliphatic rings. The third-order valence-electron chi connectivity index (χ3n) is 3.22. The monoisotopic (exact) mass is 304 g/mol. The number of urea groups is 1. The van der Waals surface area contributed by atoms with Gasteiger partial charge in [0.05, 0.1) is 17.2 Å². The lowest BCUT2D eigenvalue weighted by molar-refractivity contribution is 0.259. The molecule has 0 aliphatic heterocycles. The molecule has 0 radical (unpaired) electrons. The fraction of sp³-hybridized carbons (Fsp3) is 0.0556. The second kappa shape index (κ2) is 6.70. The highest BCUT2D eigenvalue weighted by molar-refractivity contribution is 5.89. The number of para-hydroxylation sites is 1. The second-order valence-corrected chi connectivity index (χ2v) is 5.08. The molecule has 3 rings (SSSR count). The summed E-state index contributed by atoms with van der Waals surface area (Å²) < 4.78 is 1.72. The molecule has 1 aromatic heterocycles. The molecule has 1 heterocycles. The zero-order chi connectivity index (χ0) is 16.1. The fourth-order valence-corrected chi connectivity index (χ4v) is 2.14. The molecule has 1 N–H and O–H groups in total. The Hall–Kier alpha value is -3.21. The van der Waals surface area contributed by atoms with Gasteiger partial charge in [0, 0.05) is 11.9 Å². The minimum absolute atomic E-state index is 0.421. The van der Waals surface area contributed by atoms with Gasteiger partial charge in [-0.15, -0.1) is 0 Å². The molecule has 0 bridgehead atoms. The Labute approximate surface area is 133 Å². The predicted molar refractivity (Wildman–Crippen MR) is 89.3 cm³/mol. The second-order valence-electron chi connectivity index (χ2n) is 5.08. The number of anilines is 1. The summed E-state index contributed by atoms with van der Waals surface area (Å²) in [5.74, 6) is 0. The van der Waals surface area contributed by atoms with Crippen LogP contribution in [0.15, 0.2) is 78.0 Å². The van der Waals surface area contributed by atoms with Crippen LogP contribution in [0.25, 0.3) is 5.69 Å². The van der Waals surface area contributed by atoms with Gasteiger partial charge in [0.25, 0.3) is 0 Å². The molecule has 0 aliphatic carbocycles. The first-order valence-corrected chi connectivity index (χ1v) is 7.23. The van der Waals surface area contributed by atoms with Gasteiger partial charge in [-0.1, -0.05) is 30.3 Å². The van der Waals surface area contributed by atoms with E-state index in [2.05, 4.69) is 15.4 Å². The number of hydrogen-bond acceptors (Lipinski definition) is 2. The van der Waals surface area contributed by atoms with Crippen molar-refractivity contribution in [3.63, 3.8) is 0 Å². The number of rotatable bonds is 2. The zero-order valence-electron chi connectivity index (χ0n) is 12.7. The Bertz CT molecular complexity index is 864. The van der Waals surface area contributed by atoms with E-state index in [0.717, 1.165) is 16.9 Å². The highest BCUT2D eigenvalue weighted by Gasteiger charge is 2.00. The van der Waals surface area contributed by atoms with Crippen molar-refractivity contribution in [3.8, 4) is 5.69 Å². The van der Waals surface area contributed by atoms with Gasteiger partial charge in [-0.05, 0) is 42.8 Å². The number of carbonyl (C=O) groups excluding carboxylic acids is 1. The van der Waals surface area contributed by atoms with Gasteiger partial charge in [0.15, 0.2) is 0 Å². The van der Waals surface area contributed by atoms with Crippen molar-refractivity contribution < 1.29 is 4.79 Å². The first-order chi connectivity index (χ1) is 11.2. The summed E-state index contributed by atoms with van der Waals surface area (Å²) in [4.78, 5) is 15.9. The van der Waals surface area contributed by atoms with Crippen LogP contribution in [0, 0.1) is 6.92 Å². The molecule has 0 unspecified atom stereocenters. The summed E-state index contributed by atoms with van der Waals surface area (Å²) in [5.41, 5.74) is 2.75. The SMILES string of the molecule is Cc1cccc(NC(=O)/N=c2/ccn(-c3ccccc3)nc2)c1. The van der Waals surface area contributed by atoms with E-state index in [0.29, 0.717) is 5.36 Å². The average Bonchev–Trinajstić information content (AvgIpc) is 2.56. The van der Waals surface area contributed by atoms with Gasteiger partial charge in [0.2, 0.25) is 0 Å². The number of hydrogen-bond donors (Lipinski definition) is 1. The standard InChI is InChI=1S/C18H16N4O/c1-14-6-5-7-15(12-14)20-18(23)21-16-10-11-22(19-13-16)17-8-3-2-4-9-17/h2-13H,1H3,(H,20,23)/b21-16-. The highest BCUT2D eigenvalue weighted by Crippen LogP contribution is 2.09. The maximum Gasteiger partial charge on any atom is 0.345 e. The normalized spacial score (nSPS) is 11.3. The van der Waals surface area contributed by atoms with E-state index < -0.39 is 6.03 Å². The highest BCUT2D eigenvalue weighted by atomic mass is 16.2. The van der Waals surface area contributed by atoms with Gasteiger partial charge in [-0.2, -0.15) is 10.1 Å². The summed E-state index contributed by atoms with van der Waals surface area (Å²) >= 11 is 0. The van der Waals surface area contributed by atoms with Crippen molar-refractivity contribution in [1.82, 2.24) is 9.78 Å². The van der Waals surface area contributed by atoms with Crippen LogP contribution in [0.2, 0.25) is 0 Å². The van der Waals surface area contributed by atoms with Crippen LogP contribution in [0.3, 0.4) is 0 Å². The Balaban J connectivity index is 1.76. The molecular formula is C18H16N4O. The molecule has 0 saturated heterocycles. The van der Waals surface area contributed by atoms with E-state index in [4.69, 9.17) is 0 Å². The Kier molecular flexibility index (Phi) is 4.29. The van der Waals surface area contributed by atoms with Crippen molar-refractivity contribution in [1.29, 1.82) is 0 Å². The molecule has 2 amide bonds. The number of nitrogens with one attached hydrogen (secondary N) is 1. The Morgan fingerprint density at radius 1 is 1.09 bits per heavy atom. The van der Waals surface area contributed by atoms with Crippen molar-refractivity contribution in [2.45, 2.75) is 6.92 Å². The molecule has 5 nitrogen and oxygen atoms in total. The zero-order valence-corrected chi connectivity index (χ0v) is 12.7. The van der Waals surface area contributed by atoms with E-state index >= 15 is 0 Å². The number of aromatic nitrogens is 2. The summed E-state index contributed by atoms with van der Waals surface area (Å²) in [7, 11) is 0.